The van der Waals surface area contributed by atoms with Gasteiger partial charge in [0.1, 0.15) is 31.1 Å². The van der Waals surface area contributed by atoms with E-state index in [0.29, 0.717) is 36.8 Å². The van der Waals surface area contributed by atoms with E-state index in [1.807, 2.05) is 24.3 Å². The summed E-state index contributed by atoms with van der Waals surface area (Å²) < 4.78 is 44.5. The molecule has 2 heterocycles. The highest BCUT2D eigenvalue weighted by Gasteiger charge is 2.39. The number of fused-ring (bicyclic) bond motifs is 2. The van der Waals surface area contributed by atoms with E-state index in [9.17, 15) is 13.2 Å². The molecule has 4 rings (SSSR count). The van der Waals surface area contributed by atoms with E-state index >= 15 is 0 Å². The molecule has 0 saturated carbocycles. The highest BCUT2D eigenvalue weighted by Crippen LogP contribution is 2.42. The van der Waals surface area contributed by atoms with Gasteiger partial charge in [-0.15, -0.1) is 0 Å². The number of amides is 1. The third-order valence-electron chi connectivity index (χ3n) is 6.62. The Morgan fingerprint density at radius 2 is 1.74 bits per heavy atom. The summed E-state index contributed by atoms with van der Waals surface area (Å²) in [5.74, 6) is 1.27. The molecule has 1 unspecified atom stereocenters. The Kier molecular flexibility index (Phi) is 6.93. The van der Waals surface area contributed by atoms with Crippen molar-refractivity contribution in [3.05, 3.63) is 48.0 Å². The quantitative estimate of drug-likeness (QED) is 0.607. The van der Waals surface area contributed by atoms with Crippen LogP contribution in [-0.2, 0) is 14.8 Å². The molecule has 0 aromatic heterocycles. The average molecular weight is 489 g/mol. The van der Waals surface area contributed by atoms with Gasteiger partial charge in [0.15, 0.2) is 11.5 Å². The molecule has 2 aliphatic rings. The van der Waals surface area contributed by atoms with Crippen molar-refractivity contribution in [3.8, 4) is 17.2 Å². The summed E-state index contributed by atoms with van der Waals surface area (Å²) in [6.07, 6.45) is 2.22. The van der Waals surface area contributed by atoms with Gasteiger partial charge in [-0.25, -0.2) is 8.42 Å². The minimum atomic E-state index is -3.72. The van der Waals surface area contributed by atoms with Gasteiger partial charge in [0.2, 0.25) is 15.9 Å². The van der Waals surface area contributed by atoms with E-state index < -0.39 is 10.0 Å². The number of nitrogens with one attached hydrogen (secondary N) is 1. The summed E-state index contributed by atoms with van der Waals surface area (Å²) in [5.41, 5.74) is 0.889. The Labute approximate surface area is 201 Å². The Bertz CT molecular complexity index is 1150. The first kappa shape index (κ1) is 24.2. The number of carbonyl (C=O) groups is 1. The Hall–Kier alpha value is -2.94. The molecule has 2 aromatic carbocycles. The molecular weight excluding hydrogens is 456 g/mol. The predicted octanol–water partition coefficient (Wildman–Crippen LogP) is 3.81. The molecule has 34 heavy (non-hydrogen) atoms. The van der Waals surface area contributed by atoms with Crippen molar-refractivity contribution in [3.63, 3.8) is 0 Å². The zero-order chi connectivity index (χ0) is 24.3. The summed E-state index contributed by atoms with van der Waals surface area (Å²) in [5, 5.41) is 3.08. The van der Waals surface area contributed by atoms with Crippen LogP contribution in [0.3, 0.4) is 0 Å². The Morgan fingerprint density at radius 3 is 2.44 bits per heavy atom. The first-order chi connectivity index (χ1) is 16.3. The third kappa shape index (κ3) is 4.80. The number of anilines is 1. The van der Waals surface area contributed by atoms with Crippen LogP contribution in [0.1, 0.15) is 51.6 Å². The van der Waals surface area contributed by atoms with Crippen molar-refractivity contribution >= 4 is 21.6 Å². The largest absolute Gasteiger partial charge is 0.487 e. The van der Waals surface area contributed by atoms with Crippen LogP contribution in [0, 0.1) is 0 Å². The molecule has 1 atom stereocenters. The number of carbonyl (C=O) groups excluding carboxylic acids is 1. The van der Waals surface area contributed by atoms with E-state index in [4.69, 9.17) is 14.2 Å². The minimum Gasteiger partial charge on any atom is -0.487 e. The van der Waals surface area contributed by atoms with Crippen molar-refractivity contribution in [2.75, 3.05) is 29.8 Å². The van der Waals surface area contributed by atoms with Crippen LogP contribution in [0.15, 0.2) is 42.5 Å². The van der Waals surface area contributed by atoms with Crippen LogP contribution in [0.2, 0.25) is 0 Å². The zero-order valence-corrected chi connectivity index (χ0v) is 20.7. The average Bonchev–Trinajstić information content (AvgIpc) is 2.86. The monoisotopic (exact) mass is 488 g/mol. The zero-order valence-electron chi connectivity index (χ0n) is 19.9. The maximum absolute atomic E-state index is 13.2. The molecule has 0 saturated heterocycles. The van der Waals surface area contributed by atoms with E-state index in [-0.39, 0.29) is 29.8 Å². The fraction of sp³-hybridized carbons (Fsp3) is 0.480. The molecule has 0 spiro atoms. The van der Waals surface area contributed by atoms with Gasteiger partial charge in [0, 0.05) is 18.1 Å². The van der Waals surface area contributed by atoms with Crippen LogP contribution < -0.4 is 23.8 Å². The fourth-order valence-electron chi connectivity index (χ4n) is 4.49. The highest BCUT2D eigenvalue weighted by atomic mass is 32.2. The summed E-state index contributed by atoms with van der Waals surface area (Å²) in [7, 11) is -3.72. The number of benzene rings is 2. The van der Waals surface area contributed by atoms with E-state index in [1.165, 1.54) is 0 Å². The number of nitrogens with zero attached hydrogens (tertiary/aromatic N) is 1. The lowest BCUT2D eigenvalue weighted by Crippen LogP contribution is -2.47. The van der Waals surface area contributed by atoms with Crippen molar-refractivity contribution < 1.29 is 27.4 Å². The van der Waals surface area contributed by atoms with Crippen LogP contribution in [0.25, 0.3) is 0 Å². The van der Waals surface area contributed by atoms with Crippen molar-refractivity contribution in [2.45, 2.75) is 51.7 Å². The second-order valence-corrected chi connectivity index (χ2v) is 10.8. The summed E-state index contributed by atoms with van der Waals surface area (Å²) >= 11 is 0. The van der Waals surface area contributed by atoms with Gasteiger partial charge in [-0.2, -0.15) is 0 Å². The van der Waals surface area contributed by atoms with Crippen molar-refractivity contribution in [2.24, 2.45) is 0 Å². The second-order valence-electron chi connectivity index (χ2n) is 8.59. The van der Waals surface area contributed by atoms with Gasteiger partial charge < -0.3 is 19.5 Å². The number of sulfonamides is 1. The number of ether oxygens (including phenoxy) is 3. The van der Waals surface area contributed by atoms with E-state index in [0.717, 1.165) is 28.5 Å². The Balaban J connectivity index is 1.59. The molecule has 0 fully saturated rings. The normalized spacial score (nSPS) is 18.4. The van der Waals surface area contributed by atoms with Gasteiger partial charge in [0.05, 0.1) is 17.5 Å². The van der Waals surface area contributed by atoms with Gasteiger partial charge in [-0.1, -0.05) is 32.0 Å². The molecule has 0 radical (unpaired) electrons. The van der Waals surface area contributed by atoms with Crippen molar-refractivity contribution in [1.82, 2.24) is 5.32 Å². The topological polar surface area (TPSA) is 94.2 Å². The minimum absolute atomic E-state index is 0.135. The van der Waals surface area contributed by atoms with Gasteiger partial charge >= 0.3 is 0 Å². The summed E-state index contributed by atoms with van der Waals surface area (Å²) in [6, 6.07) is 12.3. The molecule has 1 amide bonds. The Morgan fingerprint density at radius 1 is 1.03 bits per heavy atom. The molecular formula is C25H32N2O6S. The molecule has 0 bridgehead atoms. The molecule has 1 N–H and O–H groups in total. The van der Waals surface area contributed by atoms with E-state index in [2.05, 4.69) is 19.2 Å². The van der Waals surface area contributed by atoms with Gasteiger partial charge in [0.25, 0.3) is 0 Å². The first-order valence-corrected chi connectivity index (χ1v) is 13.4. The molecule has 8 nitrogen and oxygen atoms in total. The number of rotatable bonds is 8. The molecule has 9 heteroatoms. The summed E-state index contributed by atoms with van der Waals surface area (Å²) in [4.78, 5) is 13.2. The lowest BCUT2D eigenvalue weighted by Gasteiger charge is -2.41. The van der Waals surface area contributed by atoms with E-state index in [1.54, 1.807) is 25.1 Å². The third-order valence-corrected chi connectivity index (χ3v) is 8.36. The molecule has 184 valence electrons. The standard InChI is InChI=1S/C25H32N2O6S/c1-4-25(5-2)16-20(19-9-7-8-10-21(19)33-25)26-24(28)17-27(34(29,30)6-3)18-11-12-22-23(15-18)32-14-13-31-22/h7-12,15,20H,4-6,13-14,16-17H2,1-3H3,(H,26,28). The van der Waals surface area contributed by atoms with Crippen LogP contribution >= 0.6 is 0 Å². The van der Waals surface area contributed by atoms with Gasteiger partial charge in [-0.05, 0) is 38.0 Å². The summed E-state index contributed by atoms with van der Waals surface area (Å²) in [6.45, 7) is 6.21. The van der Waals surface area contributed by atoms with Crippen molar-refractivity contribution in [1.29, 1.82) is 0 Å². The first-order valence-electron chi connectivity index (χ1n) is 11.8. The van der Waals surface area contributed by atoms with Crippen LogP contribution in [-0.4, -0.2) is 45.4 Å². The lowest BCUT2D eigenvalue weighted by atomic mass is 9.83. The molecule has 0 aliphatic carbocycles. The smallest absolute Gasteiger partial charge is 0.241 e. The lowest BCUT2D eigenvalue weighted by molar-refractivity contribution is -0.121. The maximum Gasteiger partial charge on any atom is 0.241 e. The second kappa shape index (κ2) is 9.74. The van der Waals surface area contributed by atoms with Crippen LogP contribution in [0.5, 0.6) is 17.2 Å². The van der Waals surface area contributed by atoms with Gasteiger partial charge in [-0.3, -0.25) is 9.10 Å². The number of para-hydroxylation sites is 1. The SMILES string of the molecule is CCC1(CC)CC(NC(=O)CN(c2ccc3c(c2)OCCO3)S(=O)(=O)CC)c2ccccc2O1. The fourth-order valence-corrected chi connectivity index (χ4v) is 5.55. The number of hydrogen-bond acceptors (Lipinski definition) is 6. The molecule has 2 aliphatic heterocycles. The predicted molar refractivity (Wildman–Crippen MR) is 130 cm³/mol. The highest BCUT2D eigenvalue weighted by molar-refractivity contribution is 7.92. The number of hydrogen-bond donors (Lipinski definition) is 1. The van der Waals surface area contributed by atoms with Crippen LogP contribution in [0.4, 0.5) is 5.69 Å². The molecule has 2 aromatic rings. The maximum atomic E-state index is 13.2.